The van der Waals surface area contributed by atoms with Crippen molar-refractivity contribution in [1.29, 1.82) is 0 Å². The standard InChI is InChI=1S/C11H10Cl2N2/c1-2-8-7-11(13)15(14-8)10-6-4-3-5-9(10)12/h3-7H,2H2,1H3. The quantitative estimate of drug-likeness (QED) is 0.783. The molecule has 2 aromatic rings. The van der Waals surface area contributed by atoms with E-state index < -0.39 is 0 Å². The highest BCUT2D eigenvalue weighted by Crippen LogP contribution is 2.23. The predicted molar refractivity (Wildman–Crippen MR) is 63.0 cm³/mol. The number of aromatic nitrogens is 2. The smallest absolute Gasteiger partial charge is 0.133 e. The molecule has 0 amide bonds. The molecule has 15 heavy (non-hydrogen) atoms. The largest absolute Gasteiger partial charge is 0.220 e. The summed E-state index contributed by atoms with van der Waals surface area (Å²) in [5, 5.41) is 5.59. The lowest BCUT2D eigenvalue weighted by Gasteiger charge is -2.04. The molecule has 1 aromatic heterocycles. The van der Waals surface area contributed by atoms with Gasteiger partial charge in [0.05, 0.1) is 16.4 Å². The first kappa shape index (κ1) is 10.5. The first-order chi connectivity index (χ1) is 7.22. The van der Waals surface area contributed by atoms with Crippen molar-refractivity contribution in [2.45, 2.75) is 13.3 Å². The molecule has 0 aliphatic carbocycles. The van der Waals surface area contributed by atoms with E-state index >= 15 is 0 Å². The zero-order valence-corrected chi connectivity index (χ0v) is 9.76. The highest BCUT2D eigenvalue weighted by molar-refractivity contribution is 6.33. The van der Waals surface area contributed by atoms with Crippen molar-refractivity contribution in [2.75, 3.05) is 0 Å². The molecule has 2 rings (SSSR count). The van der Waals surface area contributed by atoms with Crippen LogP contribution in [-0.4, -0.2) is 9.78 Å². The third kappa shape index (κ3) is 2.01. The van der Waals surface area contributed by atoms with E-state index in [1.807, 2.05) is 37.3 Å². The molecule has 0 spiro atoms. The number of para-hydroxylation sites is 1. The topological polar surface area (TPSA) is 17.8 Å². The van der Waals surface area contributed by atoms with Gasteiger partial charge in [0.25, 0.3) is 0 Å². The minimum atomic E-state index is 0.583. The molecule has 1 aromatic carbocycles. The van der Waals surface area contributed by atoms with Crippen molar-refractivity contribution in [3.63, 3.8) is 0 Å². The SMILES string of the molecule is CCc1cc(Cl)n(-c2ccccc2Cl)n1. The van der Waals surface area contributed by atoms with Crippen LogP contribution in [0.4, 0.5) is 0 Å². The van der Waals surface area contributed by atoms with Gasteiger partial charge in [0.1, 0.15) is 5.15 Å². The Hall–Kier alpha value is -0.990. The van der Waals surface area contributed by atoms with Gasteiger partial charge in [-0.05, 0) is 24.6 Å². The lowest BCUT2D eigenvalue weighted by Crippen LogP contribution is -1.97. The van der Waals surface area contributed by atoms with Gasteiger partial charge < -0.3 is 0 Å². The van der Waals surface area contributed by atoms with E-state index in [-0.39, 0.29) is 0 Å². The van der Waals surface area contributed by atoms with Crippen LogP contribution in [0.2, 0.25) is 10.2 Å². The summed E-state index contributed by atoms with van der Waals surface area (Å²) in [4.78, 5) is 0. The summed E-state index contributed by atoms with van der Waals surface area (Å²) in [6, 6.07) is 9.35. The van der Waals surface area contributed by atoms with E-state index in [0.29, 0.717) is 10.2 Å². The highest BCUT2D eigenvalue weighted by atomic mass is 35.5. The fourth-order valence-electron chi connectivity index (χ4n) is 1.37. The van der Waals surface area contributed by atoms with Gasteiger partial charge in [-0.15, -0.1) is 0 Å². The minimum Gasteiger partial charge on any atom is -0.220 e. The predicted octanol–water partition coefficient (Wildman–Crippen LogP) is 3.74. The Balaban J connectivity index is 2.54. The van der Waals surface area contributed by atoms with Gasteiger partial charge in [-0.2, -0.15) is 5.10 Å². The Morgan fingerprint density at radius 1 is 1.27 bits per heavy atom. The van der Waals surface area contributed by atoms with Crippen LogP contribution >= 0.6 is 23.2 Å². The molecule has 78 valence electrons. The molecule has 0 aliphatic rings. The Morgan fingerprint density at radius 2 is 2.00 bits per heavy atom. The van der Waals surface area contributed by atoms with Crippen molar-refractivity contribution in [2.24, 2.45) is 0 Å². The average molecular weight is 241 g/mol. The molecule has 0 N–H and O–H groups in total. The summed E-state index contributed by atoms with van der Waals surface area (Å²) >= 11 is 12.1. The van der Waals surface area contributed by atoms with Crippen molar-refractivity contribution in [1.82, 2.24) is 9.78 Å². The maximum atomic E-state index is 6.07. The van der Waals surface area contributed by atoms with Gasteiger partial charge in [-0.1, -0.05) is 42.3 Å². The Morgan fingerprint density at radius 3 is 2.60 bits per heavy atom. The number of hydrogen-bond donors (Lipinski definition) is 0. The van der Waals surface area contributed by atoms with Gasteiger partial charge >= 0.3 is 0 Å². The molecule has 0 radical (unpaired) electrons. The maximum Gasteiger partial charge on any atom is 0.133 e. The summed E-state index contributed by atoms with van der Waals surface area (Å²) in [7, 11) is 0. The minimum absolute atomic E-state index is 0.583. The summed E-state index contributed by atoms with van der Waals surface area (Å²) in [6.45, 7) is 2.04. The molecule has 0 saturated heterocycles. The van der Waals surface area contributed by atoms with Crippen molar-refractivity contribution in [3.05, 3.63) is 46.2 Å². The van der Waals surface area contributed by atoms with Crippen molar-refractivity contribution >= 4 is 23.2 Å². The van der Waals surface area contributed by atoms with Crippen LogP contribution in [-0.2, 0) is 6.42 Å². The second-order valence-electron chi connectivity index (χ2n) is 3.18. The Bertz CT molecular complexity index is 477. The Labute approximate surface area is 98.4 Å². The van der Waals surface area contributed by atoms with E-state index in [9.17, 15) is 0 Å². The molecule has 0 aliphatic heterocycles. The molecule has 0 unspecified atom stereocenters. The normalized spacial score (nSPS) is 10.6. The second-order valence-corrected chi connectivity index (χ2v) is 3.97. The lowest BCUT2D eigenvalue weighted by atomic mass is 10.3. The van der Waals surface area contributed by atoms with E-state index in [1.165, 1.54) is 0 Å². The van der Waals surface area contributed by atoms with Gasteiger partial charge in [0.2, 0.25) is 0 Å². The summed E-state index contributed by atoms with van der Waals surface area (Å²) < 4.78 is 1.66. The first-order valence-electron chi connectivity index (χ1n) is 4.71. The fraction of sp³-hybridized carbons (Fsp3) is 0.182. The van der Waals surface area contributed by atoms with Crippen molar-refractivity contribution in [3.8, 4) is 5.69 Å². The second kappa shape index (κ2) is 4.25. The number of rotatable bonds is 2. The van der Waals surface area contributed by atoms with E-state index in [0.717, 1.165) is 17.8 Å². The average Bonchev–Trinajstić information content (AvgIpc) is 2.60. The van der Waals surface area contributed by atoms with Gasteiger partial charge in [0, 0.05) is 0 Å². The highest BCUT2D eigenvalue weighted by Gasteiger charge is 2.08. The number of aryl methyl sites for hydroxylation is 1. The van der Waals surface area contributed by atoms with Crippen LogP contribution in [0.15, 0.2) is 30.3 Å². The lowest BCUT2D eigenvalue weighted by molar-refractivity contribution is 0.842. The van der Waals surface area contributed by atoms with Crippen LogP contribution < -0.4 is 0 Å². The van der Waals surface area contributed by atoms with Crippen LogP contribution in [0.3, 0.4) is 0 Å². The molecule has 0 bridgehead atoms. The molecule has 1 heterocycles. The molecule has 0 atom stereocenters. The zero-order chi connectivity index (χ0) is 10.8. The van der Waals surface area contributed by atoms with Crippen LogP contribution in [0.25, 0.3) is 5.69 Å². The molecule has 4 heteroatoms. The van der Waals surface area contributed by atoms with Gasteiger partial charge in [-0.3, -0.25) is 0 Å². The monoisotopic (exact) mass is 240 g/mol. The van der Waals surface area contributed by atoms with Crippen LogP contribution in [0.1, 0.15) is 12.6 Å². The molecular formula is C11H10Cl2N2. The Kier molecular flexibility index (Phi) is 2.98. The fourth-order valence-corrected chi connectivity index (χ4v) is 1.84. The van der Waals surface area contributed by atoms with Crippen LogP contribution in [0, 0.1) is 0 Å². The summed E-state index contributed by atoms with van der Waals surface area (Å²) in [5.74, 6) is 0. The molecular weight excluding hydrogens is 231 g/mol. The number of benzene rings is 1. The third-order valence-corrected chi connectivity index (χ3v) is 2.75. The van der Waals surface area contributed by atoms with E-state index in [4.69, 9.17) is 23.2 Å². The van der Waals surface area contributed by atoms with Gasteiger partial charge in [-0.25, -0.2) is 4.68 Å². The summed E-state index contributed by atoms with van der Waals surface area (Å²) in [5.41, 5.74) is 1.77. The van der Waals surface area contributed by atoms with E-state index in [2.05, 4.69) is 5.10 Å². The first-order valence-corrected chi connectivity index (χ1v) is 5.47. The number of nitrogens with zero attached hydrogens (tertiary/aromatic N) is 2. The molecule has 2 nitrogen and oxygen atoms in total. The van der Waals surface area contributed by atoms with E-state index in [1.54, 1.807) is 4.68 Å². The number of hydrogen-bond acceptors (Lipinski definition) is 1. The van der Waals surface area contributed by atoms with Crippen molar-refractivity contribution < 1.29 is 0 Å². The summed E-state index contributed by atoms with van der Waals surface area (Å²) in [6.07, 6.45) is 0.858. The zero-order valence-electron chi connectivity index (χ0n) is 8.24. The maximum absolute atomic E-state index is 6.07. The number of halogens is 2. The third-order valence-electron chi connectivity index (χ3n) is 2.16. The molecule has 0 saturated carbocycles. The van der Waals surface area contributed by atoms with Gasteiger partial charge in [0.15, 0.2) is 0 Å². The van der Waals surface area contributed by atoms with Crippen LogP contribution in [0.5, 0.6) is 0 Å². The molecule has 0 fully saturated rings.